The van der Waals surface area contributed by atoms with Gasteiger partial charge in [-0.1, -0.05) is 72.8 Å². The molecule has 0 spiro atoms. The van der Waals surface area contributed by atoms with E-state index in [4.69, 9.17) is 0 Å². The maximum Gasteiger partial charge on any atom is 0.197 e. The van der Waals surface area contributed by atoms with E-state index in [1.54, 1.807) is 0 Å². The standard InChI is InChI=1S/C24H21NO/c1-17(2)25-21-16-10-9-15-20(21)24(26)22(18-11-5-3-6-12-18)23(25)19-13-7-4-8-14-19/h3-17H,1-2H3. The molecule has 1 aromatic heterocycles. The van der Waals surface area contributed by atoms with Crippen molar-refractivity contribution in [2.75, 3.05) is 0 Å². The van der Waals surface area contributed by atoms with E-state index in [1.165, 1.54) is 0 Å². The quantitative estimate of drug-likeness (QED) is 0.454. The second-order valence-electron chi connectivity index (χ2n) is 6.77. The lowest BCUT2D eigenvalue weighted by Crippen LogP contribution is -2.17. The first kappa shape index (κ1) is 16.3. The summed E-state index contributed by atoms with van der Waals surface area (Å²) in [6.45, 7) is 4.33. The van der Waals surface area contributed by atoms with Crippen LogP contribution in [-0.4, -0.2) is 4.57 Å². The summed E-state index contributed by atoms with van der Waals surface area (Å²) in [6, 6.07) is 28.3. The Bertz CT molecular complexity index is 1110. The molecule has 0 radical (unpaired) electrons. The van der Waals surface area contributed by atoms with Crippen molar-refractivity contribution in [1.29, 1.82) is 0 Å². The van der Waals surface area contributed by atoms with Gasteiger partial charge < -0.3 is 4.57 Å². The van der Waals surface area contributed by atoms with Crippen LogP contribution in [0.5, 0.6) is 0 Å². The lowest BCUT2D eigenvalue weighted by atomic mass is 9.95. The highest BCUT2D eigenvalue weighted by Gasteiger charge is 2.20. The van der Waals surface area contributed by atoms with Crippen LogP contribution >= 0.6 is 0 Å². The fourth-order valence-electron chi connectivity index (χ4n) is 3.65. The zero-order valence-electron chi connectivity index (χ0n) is 15.0. The molecule has 2 nitrogen and oxygen atoms in total. The van der Waals surface area contributed by atoms with Crippen LogP contribution in [0.15, 0.2) is 89.7 Å². The minimum absolute atomic E-state index is 0.0857. The van der Waals surface area contributed by atoms with E-state index in [1.807, 2.05) is 72.8 Å². The fraction of sp³-hybridized carbons (Fsp3) is 0.125. The molecule has 2 heteroatoms. The summed E-state index contributed by atoms with van der Waals surface area (Å²) >= 11 is 0. The highest BCUT2D eigenvalue weighted by atomic mass is 16.1. The predicted molar refractivity (Wildman–Crippen MR) is 109 cm³/mol. The van der Waals surface area contributed by atoms with Gasteiger partial charge in [-0.15, -0.1) is 0 Å². The van der Waals surface area contributed by atoms with Crippen LogP contribution in [0.4, 0.5) is 0 Å². The molecule has 0 aliphatic heterocycles. The molecule has 3 aromatic carbocycles. The van der Waals surface area contributed by atoms with Gasteiger partial charge in [-0.25, -0.2) is 0 Å². The fourth-order valence-corrected chi connectivity index (χ4v) is 3.65. The lowest BCUT2D eigenvalue weighted by molar-refractivity contribution is 0.625. The molecular formula is C24H21NO. The maximum atomic E-state index is 13.5. The first-order valence-electron chi connectivity index (χ1n) is 8.96. The van der Waals surface area contributed by atoms with E-state index < -0.39 is 0 Å². The molecular weight excluding hydrogens is 318 g/mol. The van der Waals surface area contributed by atoms with Gasteiger partial charge >= 0.3 is 0 Å². The number of hydrogen-bond acceptors (Lipinski definition) is 1. The monoisotopic (exact) mass is 339 g/mol. The Morgan fingerprint density at radius 3 is 1.85 bits per heavy atom. The highest BCUT2D eigenvalue weighted by molar-refractivity contribution is 5.92. The van der Waals surface area contributed by atoms with Crippen LogP contribution in [0.3, 0.4) is 0 Å². The van der Waals surface area contributed by atoms with Gasteiger partial charge in [0.15, 0.2) is 5.43 Å². The van der Waals surface area contributed by atoms with E-state index in [-0.39, 0.29) is 11.5 Å². The number of benzene rings is 3. The first-order valence-corrected chi connectivity index (χ1v) is 8.96. The zero-order valence-corrected chi connectivity index (χ0v) is 15.0. The van der Waals surface area contributed by atoms with Crippen LogP contribution < -0.4 is 5.43 Å². The number of nitrogens with zero attached hydrogens (tertiary/aromatic N) is 1. The van der Waals surface area contributed by atoms with Crippen molar-refractivity contribution < 1.29 is 0 Å². The molecule has 0 saturated heterocycles. The molecule has 1 heterocycles. The Labute approximate surface area is 153 Å². The maximum absolute atomic E-state index is 13.5. The molecule has 128 valence electrons. The van der Waals surface area contributed by atoms with Crippen LogP contribution in [-0.2, 0) is 0 Å². The van der Waals surface area contributed by atoms with Crippen molar-refractivity contribution in [2.24, 2.45) is 0 Å². The smallest absolute Gasteiger partial charge is 0.197 e. The molecule has 26 heavy (non-hydrogen) atoms. The second kappa shape index (κ2) is 6.64. The largest absolute Gasteiger partial charge is 0.337 e. The summed E-state index contributed by atoms with van der Waals surface area (Å²) in [6.07, 6.45) is 0. The van der Waals surface area contributed by atoms with E-state index in [0.29, 0.717) is 0 Å². The summed E-state index contributed by atoms with van der Waals surface area (Å²) in [7, 11) is 0. The van der Waals surface area contributed by atoms with E-state index in [9.17, 15) is 4.79 Å². The summed E-state index contributed by atoms with van der Waals surface area (Å²) in [4.78, 5) is 13.5. The van der Waals surface area contributed by atoms with Gasteiger partial charge in [0, 0.05) is 11.4 Å². The molecule has 0 fully saturated rings. The van der Waals surface area contributed by atoms with Crippen molar-refractivity contribution >= 4 is 10.9 Å². The van der Waals surface area contributed by atoms with Gasteiger partial charge in [-0.3, -0.25) is 4.79 Å². The number of fused-ring (bicyclic) bond motifs is 1. The third-order valence-corrected chi connectivity index (χ3v) is 4.74. The van der Waals surface area contributed by atoms with E-state index in [2.05, 4.69) is 30.5 Å². The van der Waals surface area contributed by atoms with Crippen molar-refractivity contribution in [2.45, 2.75) is 19.9 Å². The summed E-state index contributed by atoms with van der Waals surface area (Å²) < 4.78 is 2.29. The third-order valence-electron chi connectivity index (χ3n) is 4.74. The number of rotatable bonds is 3. The molecule has 0 amide bonds. The summed E-state index contributed by atoms with van der Waals surface area (Å²) in [5.74, 6) is 0. The molecule has 0 N–H and O–H groups in total. The van der Waals surface area contributed by atoms with Gasteiger partial charge in [-0.2, -0.15) is 0 Å². The van der Waals surface area contributed by atoms with E-state index >= 15 is 0 Å². The molecule has 4 aromatic rings. The third kappa shape index (κ3) is 2.64. The second-order valence-corrected chi connectivity index (χ2v) is 6.77. The Morgan fingerprint density at radius 1 is 0.692 bits per heavy atom. The van der Waals surface area contributed by atoms with Crippen molar-refractivity contribution in [3.05, 3.63) is 95.2 Å². The SMILES string of the molecule is CC(C)n1c(-c2ccccc2)c(-c2ccccc2)c(=O)c2ccccc21. The molecule has 0 aliphatic carbocycles. The van der Waals surface area contributed by atoms with Crippen LogP contribution in [0.1, 0.15) is 19.9 Å². The number of para-hydroxylation sites is 1. The average Bonchev–Trinajstić information content (AvgIpc) is 2.69. The molecule has 4 rings (SSSR count). The van der Waals surface area contributed by atoms with Crippen molar-refractivity contribution in [3.8, 4) is 22.4 Å². The van der Waals surface area contributed by atoms with Gasteiger partial charge in [0.1, 0.15) is 0 Å². The van der Waals surface area contributed by atoms with Crippen LogP contribution in [0.2, 0.25) is 0 Å². The number of hydrogen-bond donors (Lipinski definition) is 0. The minimum Gasteiger partial charge on any atom is -0.337 e. The number of pyridine rings is 1. The molecule has 0 saturated carbocycles. The highest BCUT2D eigenvalue weighted by Crippen LogP contribution is 2.34. The summed E-state index contributed by atoms with van der Waals surface area (Å²) in [5.41, 5.74) is 4.83. The minimum atomic E-state index is 0.0857. The Hall–Kier alpha value is -3.13. The van der Waals surface area contributed by atoms with Crippen LogP contribution in [0.25, 0.3) is 33.3 Å². The Balaban J connectivity index is 2.25. The first-order chi connectivity index (χ1) is 12.7. The molecule has 0 atom stereocenters. The van der Waals surface area contributed by atoms with E-state index in [0.717, 1.165) is 33.3 Å². The van der Waals surface area contributed by atoms with Gasteiger partial charge in [0.25, 0.3) is 0 Å². The normalized spacial score (nSPS) is 11.2. The predicted octanol–water partition coefficient (Wildman–Crippen LogP) is 5.92. The zero-order chi connectivity index (χ0) is 18.1. The number of aromatic nitrogens is 1. The lowest BCUT2D eigenvalue weighted by Gasteiger charge is -2.24. The Morgan fingerprint density at radius 2 is 1.23 bits per heavy atom. The topological polar surface area (TPSA) is 22.0 Å². The van der Waals surface area contributed by atoms with Crippen LogP contribution in [0, 0.1) is 0 Å². The summed E-state index contributed by atoms with van der Waals surface area (Å²) in [5, 5.41) is 0.764. The van der Waals surface area contributed by atoms with Gasteiger partial charge in [0.05, 0.1) is 16.8 Å². The average molecular weight is 339 g/mol. The van der Waals surface area contributed by atoms with Crippen molar-refractivity contribution in [1.82, 2.24) is 4.57 Å². The van der Waals surface area contributed by atoms with Gasteiger partial charge in [-0.05, 0) is 37.1 Å². The molecule has 0 bridgehead atoms. The molecule has 0 aliphatic rings. The Kier molecular flexibility index (Phi) is 4.18. The van der Waals surface area contributed by atoms with Gasteiger partial charge in [0.2, 0.25) is 0 Å². The molecule has 0 unspecified atom stereocenters. The van der Waals surface area contributed by atoms with Crippen molar-refractivity contribution in [3.63, 3.8) is 0 Å².